The van der Waals surface area contributed by atoms with E-state index in [9.17, 15) is 18.0 Å². The van der Waals surface area contributed by atoms with Crippen molar-refractivity contribution in [1.82, 2.24) is 4.72 Å². The molecule has 0 saturated carbocycles. The molecule has 0 spiro atoms. The van der Waals surface area contributed by atoms with E-state index in [2.05, 4.69) is 11.3 Å². The Labute approximate surface area is 204 Å². The van der Waals surface area contributed by atoms with E-state index < -0.39 is 27.8 Å². The molecule has 0 aliphatic rings. The van der Waals surface area contributed by atoms with E-state index in [1.54, 1.807) is 12.1 Å². The maximum atomic E-state index is 13.6. The zero-order valence-corrected chi connectivity index (χ0v) is 20.2. The van der Waals surface area contributed by atoms with Gasteiger partial charge < -0.3 is 4.90 Å². The summed E-state index contributed by atoms with van der Waals surface area (Å²) in [6.07, 6.45) is 1.45. The zero-order valence-electron chi connectivity index (χ0n) is 19.3. The van der Waals surface area contributed by atoms with Crippen molar-refractivity contribution in [3.63, 3.8) is 0 Å². The van der Waals surface area contributed by atoms with Gasteiger partial charge in [-0.2, -0.15) is 0 Å². The number of carbonyl (C=O) groups is 2. The van der Waals surface area contributed by atoms with Crippen molar-refractivity contribution in [1.29, 1.82) is 0 Å². The van der Waals surface area contributed by atoms with Crippen LogP contribution in [0.5, 0.6) is 0 Å². The molecule has 0 aromatic heterocycles. The largest absolute Gasteiger partial charge is 0.311 e. The summed E-state index contributed by atoms with van der Waals surface area (Å²) in [6.45, 7) is 5.79. The summed E-state index contributed by atoms with van der Waals surface area (Å²) in [5.74, 6) is -2.63. The van der Waals surface area contributed by atoms with Gasteiger partial charge in [0.1, 0.15) is 5.92 Å². The SMILES string of the molecule is C=CCC(C(=O)NS(=O)(=O)c1ccc2ccccc2c1)C(=O)N(CC)c1cccc2ccccc12. The first-order valence-corrected chi connectivity index (χ1v) is 12.8. The standard InChI is InChI=1S/C28H26N2O4S/c1-3-10-25(28(32)30(4-2)26-16-9-14-21-12-7-8-15-24(21)26)27(31)29-35(33,34)23-18-17-20-11-5-6-13-22(20)19-23/h3,5-9,11-19,25H,1,4,10H2,2H3,(H,29,31). The number of hydrogen-bond donors (Lipinski definition) is 1. The highest BCUT2D eigenvalue weighted by Gasteiger charge is 2.33. The van der Waals surface area contributed by atoms with Crippen LogP contribution < -0.4 is 9.62 Å². The van der Waals surface area contributed by atoms with E-state index in [-0.39, 0.29) is 11.3 Å². The van der Waals surface area contributed by atoms with Crippen molar-refractivity contribution in [3.8, 4) is 0 Å². The molecule has 0 radical (unpaired) electrons. The number of benzene rings is 4. The van der Waals surface area contributed by atoms with Crippen molar-refractivity contribution in [2.75, 3.05) is 11.4 Å². The van der Waals surface area contributed by atoms with Gasteiger partial charge >= 0.3 is 0 Å². The molecule has 1 N–H and O–H groups in total. The molecule has 0 fully saturated rings. The fourth-order valence-electron chi connectivity index (χ4n) is 4.16. The molecule has 178 valence electrons. The molecule has 0 bridgehead atoms. The van der Waals surface area contributed by atoms with E-state index in [4.69, 9.17) is 0 Å². The molecular formula is C28H26N2O4S. The van der Waals surface area contributed by atoms with Crippen LogP contribution >= 0.6 is 0 Å². The molecule has 35 heavy (non-hydrogen) atoms. The number of allylic oxidation sites excluding steroid dienone is 1. The Hall–Kier alpha value is -3.97. The first-order chi connectivity index (χ1) is 16.9. The molecule has 0 saturated heterocycles. The smallest absolute Gasteiger partial charge is 0.264 e. The van der Waals surface area contributed by atoms with Crippen molar-refractivity contribution in [2.24, 2.45) is 5.92 Å². The number of amides is 2. The third-order valence-electron chi connectivity index (χ3n) is 5.92. The van der Waals surface area contributed by atoms with Gasteiger partial charge in [-0.25, -0.2) is 13.1 Å². The number of carbonyl (C=O) groups excluding carboxylic acids is 2. The Morgan fingerprint density at radius 2 is 1.57 bits per heavy atom. The monoisotopic (exact) mass is 486 g/mol. The topological polar surface area (TPSA) is 83.5 Å². The molecule has 4 aromatic carbocycles. The number of fused-ring (bicyclic) bond motifs is 2. The summed E-state index contributed by atoms with van der Waals surface area (Å²) in [7, 11) is -4.18. The lowest BCUT2D eigenvalue weighted by molar-refractivity contribution is -0.132. The van der Waals surface area contributed by atoms with Gasteiger partial charge in [-0.3, -0.25) is 9.59 Å². The molecule has 1 atom stereocenters. The Kier molecular flexibility index (Phi) is 6.98. The van der Waals surface area contributed by atoms with Crippen LogP contribution in [-0.2, 0) is 19.6 Å². The second-order valence-corrected chi connectivity index (χ2v) is 9.82. The molecule has 4 aromatic rings. The minimum Gasteiger partial charge on any atom is -0.311 e. The number of rotatable bonds is 8. The van der Waals surface area contributed by atoms with Gasteiger partial charge in [-0.1, -0.05) is 72.8 Å². The average Bonchev–Trinajstić information content (AvgIpc) is 2.87. The summed E-state index contributed by atoms with van der Waals surface area (Å²) in [6, 6.07) is 25.2. The lowest BCUT2D eigenvalue weighted by Crippen LogP contribution is -2.45. The van der Waals surface area contributed by atoms with Gasteiger partial charge in [0.2, 0.25) is 11.8 Å². The summed E-state index contributed by atoms with van der Waals surface area (Å²) >= 11 is 0. The number of nitrogens with zero attached hydrogens (tertiary/aromatic N) is 1. The summed E-state index contributed by atoms with van der Waals surface area (Å²) in [5, 5.41) is 3.44. The van der Waals surface area contributed by atoms with Crippen LogP contribution in [0.2, 0.25) is 0 Å². The number of anilines is 1. The van der Waals surface area contributed by atoms with Crippen molar-refractivity contribution in [2.45, 2.75) is 18.2 Å². The van der Waals surface area contributed by atoms with Crippen LogP contribution in [0, 0.1) is 5.92 Å². The van der Waals surface area contributed by atoms with Crippen LogP contribution in [-0.4, -0.2) is 26.8 Å². The Bertz CT molecular complexity index is 1520. The zero-order chi connectivity index (χ0) is 25.0. The highest BCUT2D eigenvalue weighted by Crippen LogP contribution is 2.28. The minimum absolute atomic E-state index is 0.000820. The molecule has 2 amide bonds. The second-order valence-electron chi connectivity index (χ2n) is 8.14. The molecule has 0 aliphatic heterocycles. The van der Waals surface area contributed by atoms with Crippen molar-refractivity contribution >= 4 is 49.1 Å². The first kappa shape index (κ1) is 24.2. The second kappa shape index (κ2) is 10.1. The molecule has 0 aliphatic carbocycles. The van der Waals surface area contributed by atoms with Gasteiger partial charge in [-0.15, -0.1) is 6.58 Å². The van der Waals surface area contributed by atoms with E-state index in [1.807, 2.05) is 67.6 Å². The molecule has 7 heteroatoms. The molecule has 1 unspecified atom stereocenters. The normalized spacial score (nSPS) is 12.3. The maximum absolute atomic E-state index is 13.6. The van der Waals surface area contributed by atoms with Crippen LogP contribution in [0.15, 0.2) is 102 Å². The van der Waals surface area contributed by atoms with E-state index >= 15 is 0 Å². The number of hydrogen-bond acceptors (Lipinski definition) is 4. The van der Waals surface area contributed by atoms with Gasteiger partial charge in [-0.05, 0) is 47.7 Å². The Balaban J connectivity index is 1.64. The highest BCUT2D eigenvalue weighted by atomic mass is 32.2. The Morgan fingerprint density at radius 3 is 2.29 bits per heavy atom. The van der Waals surface area contributed by atoms with E-state index in [1.165, 1.54) is 23.1 Å². The highest BCUT2D eigenvalue weighted by molar-refractivity contribution is 7.90. The fraction of sp³-hybridized carbons (Fsp3) is 0.143. The first-order valence-electron chi connectivity index (χ1n) is 11.3. The van der Waals surface area contributed by atoms with E-state index in [0.717, 1.165) is 21.5 Å². The van der Waals surface area contributed by atoms with Crippen molar-refractivity contribution in [3.05, 3.63) is 97.6 Å². The third-order valence-corrected chi connectivity index (χ3v) is 7.27. The average molecular weight is 487 g/mol. The van der Waals surface area contributed by atoms with Crippen LogP contribution in [0.4, 0.5) is 5.69 Å². The van der Waals surface area contributed by atoms with Crippen LogP contribution in [0.1, 0.15) is 13.3 Å². The minimum atomic E-state index is -4.18. The molecule has 0 heterocycles. The quantitative estimate of drug-likeness (QED) is 0.279. The van der Waals surface area contributed by atoms with Gasteiger partial charge in [0, 0.05) is 11.9 Å². The predicted molar refractivity (Wildman–Crippen MR) is 140 cm³/mol. The maximum Gasteiger partial charge on any atom is 0.264 e. The molecular weight excluding hydrogens is 460 g/mol. The number of nitrogens with one attached hydrogen (secondary N) is 1. The third kappa shape index (κ3) is 4.95. The predicted octanol–water partition coefficient (Wildman–Crippen LogP) is 5.04. The molecule has 4 rings (SSSR count). The van der Waals surface area contributed by atoms with Crippen LogP contribution in [0.25, 0.3) is 21.5 Å². The number of sulfonamides is 1. The summed E-state index contributed by atoms with van der Waals surface area (Å²) < 4.78 is 28.1. The van der Waals surface area contributed by atoms with Gasteiger partial charge in [0.05, 0.1) is 10.6 Å². The summed E-state index contributed by atoms with van der Waals surface area (Å²) in [4.78, 5) is 28.2. The lowest BCUT2D eigenvalue weighted by Gasteiger charge is -2.26. The van der Waals surface area contributed by atoms with E-state index in [0.29, 0.717) is 12.2 Å². The fourth-order valence-corrected chi connectivity index (χ4v) is 5.21. The van der Waals surface area contributed by atoms with Crippen molar-refractivity contribution < 1.29 is 18.0 Å². The Morgan fingerprint density at radius 1 is 0.914 bits per heavy atom. The molecule has 6 nitrogen and oxygen atoms in total. The summed E-state index contributed by atoms with van der Waals surface area (Å²) in [5.41, 5.74) is 0.662. The van der Waals surface area contributed by atoms with Gasteiger partial charge in [0.15, 0.2) is 0 Å². The van der Waals surface area contributed by atoms with Crippen LogP contribution in [0.3, 0.4) is 0 Å². The lowest BCUT2D eigenvalue weighted by atomic mass is 10.0. The van der Waals surface area contributed by atoms with Gasteiger partial charge in [0.25, 0.3) is 10.0 Å².